The highest BCUT2D eigenvalue weighted by Crippen LogP contribution is 2.23. The van der Waals surface area contributed by atoms with Crippen LogP contribution in [0.2, 0.25) is 5.02 Å². The molecule has 0 aliphatic heterocycles. The minimum absolute atomic E-state index is 0.631. The molecule has 2 aromatic rings. The molecule has 1 aromatic carbocycles. The van der Waals surface area contributed by atoms with Crippen LogP contribution in [0.25, 0.3) is 0 Å². The fourth-order valence-electron chi connectivity index (χ4n) is 1.57. The third-order valence-corrected chi connectivity index (χ3v) is 2.66. The number of nitrogens with zero attached hydrogens (tertiary/aromatic N) is 1. The van der Waals surface area contributed by atoms with Crippen molar-refractivity contribution in [2.45, 2.75) is 13.5 Å². The summed E-state index contributed by atoms with van der Waals surface area (Å²) in [5, 5.41) is 3.89. The lowest BCUT2D eigenvalue weighted by Gasteiger charge is -2.09. The molecule has 0 aliphatic carbocycles. The van der Waals surface area contributed by atoms with Gasteiger partial charge < -0.3 is 11.1 Å². The summed E-state index contributed by atoms with van der Waals surface area (Å²) in [5.41, 5.74) is 9.34. The molecule has 0 spiro atoms. The number of nitrogen functional groups attached to an aromatic ring is 1. The Morgan fingerprint density at radius 1 is 1.29 bits per heavy atom. The maximum Gasteiger partial charge on any atom is 0.0597 e. The van der Waals surface area contributed by atoms with E-state index < -0.39 is 0 Å². The van der Waals surface area contributed by atoms with Crippen LogP contribution in [0.4, 0.5) is 11.4 Å². The molecule has 2 rings (SSSR count). The Balaban J connectivity index is 2.09. The summed E-state index contributed by atoms with van der Waals surface area (Å²) in [6, 6.07) is 11.3. The van der Waals surface area contributed by atoms with E-state index in [1.165, 1.54) is 0 Å². The van der Waals surface area contributed by atoms with Crippen LogP contribution < -0.4 is 11.1 Å². The van der Waals surface area contributed by atoms with E-state index in [4.69, 9.17) is 17.3 Å². The molecule has 0 saturated carbocycles. The number of nitrogens with two attached hydrogens (primary N) is 1. The van der Waals surface area contributed by atoms with Gasteiger partial charge in [-0.1, -0.05) is 17.7 Å². The number of anilines is 2. The van der Waals surface area contributed by atoms with E-state index in [0.29, 0.717) is 17.3 Å². The topological polar surface area (TPSA) is 50.9 Å². The minimum atomic E-state index is 0.631. The predicted octanol–water partition coefficient (Wildman–Crippen LogP) is 3.24. The highest BCUT2D eigenvalue weighted by atomic mass is 35.5. The van der Waals surface area contributed by atoms with Crippen LogP contribution in [-0.4, -0.2) is 4.98 Å². The average Bonchev–Trinajstić information content (AvgIpc) is 2.30. The maximum absolute atomic E-state index is 5.91. The molecule has 1 aromatic heterocycles. The summed E-state index contributed by atoms with van der Waals surface area (Å²) < 4.78 is 0. The molecule has 0 fully saturated rings. The standard InChI is InChI=1S/C13H14ClN3/c1-9-3-2-4-11(17-9)8-16-13-7-10(14)5-6-12(13)15/h2-7,16H,8,15H2,1H3. The van der Waals surface area contributed by atoms with Gasteiger partial charge in [0.25, 0.3) is 0 Å². The van der Waals surface area contributed by atoms with Crippen molar-refractivity contribution in [1.29, 1.82) is 0 Å². The van der Waals surface area contributed by atoms with E-state index in [9.17, 15) is 0 Å². The van der Waals surface area contributed by atoms with Crippen molar-refractivity contribution in [3.8, 4) is 0 Å². The highest BCUT2D eigenvalue weighted by Gasteiger charge is 2.00. The van der Waals surface area contributed by atoms with E-state index >= 15 is 0 Å². The van der Waals surface area contributed by atoms with E-state index in [2.05, 4.69) is 10.3 Å². The summed E-state index contributed by atoms with van der Waals surface area (Å²) >= 11 is 5.91. The zero-order valence-electron chi connectivity index (χ0n) is 9.57. The van der Waals surface area contributed by atoms with Crippen LogP contribution in [0, 0.1) is 6.92 Å². The quantitative estimate of drug-likeness (QED) is 0.819. The first-order chi connectivity index (χ1) is 8.15. The third-order valence-electron chi connectivity index (χ3n) is 2.42. The third kappa shape index (κ3) is 3.11. The first kappa shape index (κ1) is 11.7. The molecule has 0 saturated heterocycles. The van der Waals surface area contributed by atoms with Gasteiger partial charge in [0.1, 0.15) is 0 Å². The monoisotopic (exact) mass is 247 g/mol. The zero-order valence-corrected chi connectivity index (χ0v) is 10.3. The molecule has 0 radical (unpaired) electrons. The van der Waals surface area contributed by atoms with E-state index in [-0.39, 0.29) is 0 Å². The normalized spacial score (nSPS) is 10.2. The molecule has 0 unspecified atom stereocenters. The van der Waals surface area contributed by atoms with Gasteiger partial charge in [-0.2, -0.15) is 0 Å². The average molecular weight is 248 g/mol. The number of hydrogen-bond donors (Lipinski definition) is 2. The molecule has 0 aliphatic rings. The Bertz CT molecular complexity index is 526. The first-order valence-electron chi connectivity index (χ1n) is 5.36. The lowest BCUT2D eigenvalue weighted by atomic mass is 10.2. The number of benzene rings is 1. The molecule has 3 nitrogen and oxygen atoms in total. The van der Waals surface area contributed by atoms with Crippen LogP contribution in [0.15, 0.2) is 36.4 Å². The molecule has 0 amide bonds. The van der Waals surface area contributed by atoms with Crippen molar-refractivity contribution in [2.24, 2.45) is 0 Å². The summed E-state index contributed by atoms with van der Waals surface area (Å²) in [6.45, 7) is 2.60. The molecule has 3 N–H and O–H groups in total. The molecule has 4 heteroatoms. The van der Waals surface area contributed by atoms with Crippen molar-refractivity contribution < 1.29 is 0 Å². The second kappa shape index (κ2) is 5.06. The van der Waals surface area contributed by atoms with Crippen molar-refractivity contribution in [3.05, 3.63) is 52.8 Å². The fourth-order valence-corrected chi connectivity index (χ4v) is 1.74. The number of aromatic nitrogens is 1. The van der Waals surface area contributed by atoms with Gasteiger partial charge in [-0.3, -0.25) is 4.98 Å². The van der Waals surface area contributed by atoms with Crippen LogP contribution in [0.1, 0.15) is 11.4 Å². The van der Waals surface area contributed by atoms with Crippen LogP contribution in [-0.2, 0) is 6.54 Å². The van der Waals surface area contributed by atoms with Gasteiger partial charge in [-0.15, -0.1) is 0 Å². The Kier molecular flexibility index (Phi) is 3.49. The molecule has 17 heavy (non-hydrogen) atoms. The van der Waals surface area contributed by atoms with Crippen LogP contribution >= 0.6 is 11.6 Å². The lowest BCUT2D eigenvalue weighted by molar-refractivity contribution is 1.02. The molecular formula is C13H14ClN3. The summed E-state index contributed by atoms with van der Waals surface area (Å²) in [4.78, 5) is 4.40. The van der Waals surface area contributed by atoms with Crippen LogP contribution in [0.3, 0.4) is 0 Å². The fraction of sp³-hybridized carbons (Fsp3) is 0.154. The minimum Gasteiger partial charge on any atom is -0.397 e. The summed E-state index contributed by atoms with van der Waals surface area (Å²) in [5.74, 6) is 0. The van der Waals surface area contributed by atoms with Crippen molar-refractivity contribution in [1.82, 2.24) is 4.98 Å². The summed E-state index contributed by atoms with van der Waals surface area (Å²) in [7, 11) is 0. The molecule has 0 bridgehead atoms. The van der Waals surface area contributed by atoms with Gasteiger partial charge >= 0.3 is 0 Å². The molecule has 0 atom stereocenters. The SMILES string of the molecule is Cc1cccc(CNc2cc(Cl)ccc2N)n1. The van der Waals surface area contributed by atoms with Crippen molar-refractivity contribution in [3.63, 3.8) is 0 Å². The molecular weight excluding hydrogens is 234 g/mol. The number of halogens is 1. The lowest BCUT2D eigenvalue weighted by Crippen LogP contribution is -2.04. The number of hydrogen-bond acceptors (Lipinski definition) is 3. The number of rotatable bonds is 3. The Morgan fingerprint density at radius 3 is 2.88 bits per heavy atom. The molecule has 88 valence electrons. The smallest absolute Gasteiger partial charge is 0.0597 e. The first-order valence-corrected chi connectivity index (χ1v) is 5.74. The second-order valence-corrected chi connectivity index (χ2v) is 4.29. The number of nitrogens with one attached hydrogen (secondary N) is 1. The van der Waals surface area contributed by atoms with Crippen molar-refractivity contribution >= 4 is 23.0 Å². The highest BCUT2D eigenvalue weighted by molar-refractivity contribution is 6.31. The van der Waals surface area contributed by atoms with E-state index in [1.807, 2.05) is 31.2 Å². The predicted molar refractivity (Wildman–Crippen MR) is 72.2 cm³/mol. The van der Waals surface area contributed by atoms with E-state index in [1.54, 1.807) is 12.1 Å². The van der Waals surface area contributed by atoms with Crippen molar-refractivity contribution in [2.75, 3.05) is 11.1 Å². The largest absolute Gasteiger partial charge is 0.397 e. The van der Waals surface area contributed by atoms with Gasteiger partial charge in [0, 0.05) is 10.7 Å². The zero-order chi connectivity index (χ0) is 12.3. The molecule has 1 heterocycles. The summed E-state index contributed by atoms with van der Waals surface area (Å²) in [6.07, 6.45) is 0. The maximum atomic E-state index is 5.91. The Hall–Kier alpha value is -1.74. The van der Waals surface area contributed by atoms with Gasteiger partial charge in [-0.25, -0.2) is 0 Å². The Morgan fingerprint density at radius 2 is 2.12 bits per heavy atom. The van der Waals surface area contributed by atoms with Crippen LogP contribution in [0.5, 0.6) is 0 Å². The van der Waals surface area contributed by atoms with Gasteiger partial charge in [0.2, 0.25) is 0 Å². The van der Waals surface area contributed by atoms with E-state index in [0.717, 1.165) is 17.1 Å². The number of aryl methyl sites for hydroxylation is 1. The second-order valence-electron chi connectivity index (χ2n) is 3.86. The van der Waals surface area contributed by atoms with Gasteiger partial charge in [0.15, 0.2) is 0 Å². The van der Waals surface area contributed by atoms with Gasteiger partial charge in [-0.05, 0) is 37.3 Å². The Labute approximate surface area is 106 Å². The number of pyridine rings is 1. The van der Waals surface area contributed by atoms with Gasteiger partial charge in [0.05, 0.1) is 23.6 Å².